The molecule has 3 rings (SSSR count). The summed E-state index contributed by atoms with van der Waals surface area (Å²) in [7, 11) is 0. The molecule has 28 heavy (non-hydrogen) atoms. The Morgan fingerprint density at radius 3 is 2.57 bits per heavy atom. The van der Waals surface area contributed by atoms with Crippen molar-refractivity contribution >= 4 is 0 Å². The normalized spacial score (nSPS) is 34.8. The molecule has 0 aromatic rings. The molecule has 1 saturated carbocycles. The van der Waals surface area contributed by atoms with Gasteiger partial charge in [0.2, 0.25) is 0 Å². The van der Waals surface area contributed by atoms with Gasteiger partial charge in [-0.15, -0.1) is 0 Å². The first kappa shape index (κ1) is 21.9. The van der Waals surface area contributed by atoms with Gasteiger partial charge in [0.25, 0.3) is 0 Å². The summed E-state index contributed by atoms with van der Waals surface area (Å²) in [5.74, 6) is 6.22. The van der Waals surface area contributed by atoms with Gasteiger partial charge in [0.05, 0.1) is 0 Å². The zero-order valence-electron chi connectivity index (χ0n) is 19.6. The van der Waals surface area contributed by atoms with Crippen LogP contribution in [0, 0.1) is 41.4 Å². The van der Waals surface area contributed by atoms with E-state index in [2.05, 4.69) is 59.8 Å². The molecule has 0 spiro atoms. The van der Waals surface area contributed by atoms with Crippen molar-refractivity contribution in [2.75, 3.05) is 0 Å². The van der Waals surface area contributed by atoms with Crippen molar-refractivity contribution in [1.82, 2.24) is 0 Å². The summed E-state index contributed by atoms with van der Waals surface area (Å²) in [6.45, 7) is 14.6. The van der Waals surface area contributed by atoms with Crippen molar-refractivity contribution in [3.8, 4) is 0 Å². The van der Waals surface area contributed by atoms with Crippen LogP contribution in [-0.2, 0) is 0 Å². The van der Waals surface area contributed by atoms with E-state index < -0.39 is 0 Å². The summed E-state index contributed by atoms with van der Waals surface area (Å²) in [5, 5.41) is 0. The third-order valence-corrected chi connectivity index (χ3v) is 8.36. The Kier molecular flexibility index (Phi) is 7.68. The minimum atomic E-state index is 0.833. The summed E-state index contributed by atoms with van der Waals surface area (Å²) in [6.07, 6.45) is 20.1. The van der Waals surface area contributed by atoms with Crippen LogP contribution in [-0.4, -0.2) is 0 Å². The number of hydrogen-bond acceptors (Lipinski definition) is 0. The van der Waals surface area contributed by atoms with E-state index in [0.29, 0.717) is 0 Å². The fourth-order valence-corrected chi connectivity index (χ4v) is 6.49. The summed E-state index contributed by atoms with van der Waals surface area (Å²) < 4.78 is 0. The summed E-state index contributed by atoms with van der Waals surface area (Å²) >= 11 is 0. The molecule has 1 fully saturated rings. The van der Waals surface area contributed by atoms with Crippen molar-refractivity contribution in [1.29, 1.82) is 0 Å². The number of rotatable bonds is 7. The lowest BCUT2D eigenvalue weighted by atomic mass is 9.68. The smallest absolute Gasteiger partial charge is 0.0131 e. The van der Waals surface area contributed by atoms with Crippen LogP contribution in [0.4, 0.5) is 0 Å². The van der Waals surface area contributed by atoms with Crippen LogP contribution < -0.4 is 0 Å². The second kappa shape index (κ2) is 9.82. The zero-order valence-corrected chi connectivity index (χ0v) is 19.6. The minimum Gasteiger partial charge on any atom is -0.0807 e. The topological polar surface area (TPSA) is 0 Å². The first-order valence-corrected chi connectivity index (χ1v) is 12.4. The van der Waals surface area contributed by atoms with E-state index in [0.717, 1.165) is 41.4 Å². The van der Waals surface area contributed by atoms with Crippen LogP contribution in [0.15, 0.2) is 34.9 Å². The van der Waals surface area contributed by atoms with Gasteiger partial charge in [0, 0.05) is 0 Å². The highest BCUT2D eigenvalue weighted by Crippen LogP contribution is 2.52. The number of fused-ring (bicyclic) bond motifs is 1. The van der Waals surface area contributed by atoms with E-state index in [-0.39, 0.29) is 0 Å². The van der Waals surface area contributed by atoms with E-state index in [1.165, 1.54) is 57.8 Å². The Morgan fingerprint density at radius 2 is 1.82 bits per heavy atom. The molecule has 0 aromatic heterocycles. The van der Waals surface area contributed by atoms with Crippen molar-refractivity contribution in [3.05, 3.63) is 34.9 Å². The second-order valence-corrected chi connectivity index (χ2v) is 11.1. The predicted molar refractivity (Wildman–Crippen MR) is 124 cm³/mol. The van der Waals surface area contributed by atoms with E-state index >= 15 is 0 Å². The molecular formula is C28H46. The first-order chi connectivity index (χ1) is 13.4. The molecule has 0 nitrogen and oxygen atoms in total. The van der Waals surface area contributed by atoms with Gasteiger partial charge in [0.15, 0.2) is 0 Å². The quantitative estimate of drug-likeness (QED) is 0.413. The maximum atomic E-state index is 2.59. The Labute approximate surface area is 176 Å². The summed E-state index contributed by atoms with van der Waals surface area (Å²) in [4.78, 5) is 0. The monoisotopic (exact) mass is 382 g/mol. The number of allylic oxidation sites excluding steroid dienone is 6. The molecule has 6 atom stereocenters. The SMILES string of the molecule is CC1=C(/C=C\C2=CC[C@@H](C)[C@@H]3[C@@H]([C@H](C)CCCC(C)C)CC[C@@H]23)C[C@@H](C)CC1. The average Bonchev–Trinajstić information content (AvgIpc) is 3.09. The lowest BCUT2D eigenvalue weighted by Crippen LogP contribution is -2.29. The molecule has 3 aliphatic rings. The molecule has 0 heterocycles. The standard InChI is InChI=1S/C28H46/c1-19(2)8-7-9-22(5)26-16-17-27-24(13-12-23(6)28(26)27)14-15-25-18-20(3)10-11-21(25)4/h13-15,19-20,22-23,26-28H,7-12,16-18H2,1-6H3/b15-14-/t20-,22+,23+,26+,27-,28+/m0/s1. The van der Waals surface area contributed by atoms with Gasteiger partial charge in [0.1, 0.15) is 0 Å². The van der Waals surface area contributed by atoms with Crippen LogP contribution >= 0.6 is 0 Å². The van der Waals surface area contributed by atoms with E-state index in [4.69, 9.17) is 0 Å². The van der Waals surface area contributed by atoms with E-state index in [1.54, 1.807) is 16.7 Å². The Bertz CT molecular complexity index is 602. The fourth-order valence-electron chi connectivity index (χ4n) is 6.49. The minimum absolute atomic E-state index is 0.833. The maximum Gasteiger partial charge on any atom is -0.0131 e. The molecule has 0 aliphatic heterocycles. The highest BCUT2D eigenvalue weighted by atomic mass is 14.5. The van der Waals surface area contributed by atoms with Gasteiger partial charge in [-0.25, -0.2) is 0 Å². The Hall–Kier alpha value is -0.780. The fraction of sp³-hybridized carbons (Fsp3) is 0.786. The van der Waals surface area contributed by atoms with E-state index in [1.807, 2.05) is 0 Å². The average molecular weight is 383 g/mol. The van der Waals surface area contributed by atoms with Crippen molar-refractivity contribution < 1.29 is 0 Å². The van der Waals surface area contributed by atoms with Gasteiger partial charge >= 0.3 is 0 Å². The molecule has 0 bridgehead atoms. The Balaban J connectivity index is 1.66. The maximum absolute atomic E-state index is 2.59. The van der Waals surface area contributed by atoms with Crippen molar-refractivity contribution in [2.45, 2.75) is 99.3 Å². The lowest BCUT2D eigenvalue weighted by molar-refractivity contribution is 0.169. The van der Waals surface area contributed by atoms with Gasteiger partial charge in [-0.2, -0.15) is 0 Å². The van der Waals surface area contributed by atoms with Gasteiger partial charge < -0.3 is 0 Å². The first-order valence-electron chi connectivity index (χ1n) is 12.4. The van der Waals surface area contributed by atoms with Crippen molar-refractivity contribution in [2.24, 2.45) is 41.4 Å². The zero-order chi connectivity index (χ0) is 20.3. The van der Waals surface area contributed by atoms with Crippen LogP contribution in [0.5, 0.6) is 0 Å². The van der Waals surface area contributed by atoms with Gasteiger partial charge in [-0.05, 0) is 98.0 Å². The van der Waals surface area contributed by atoms with Crippen LogP contribution in [0.2, 0.25) is 0 Å². The van der Waals surface area contributed by atoms with Crippen LogP contribution in [0.25, 0.3) is 0 Å². The molecule has 0 amide bonds. The van der Waals surface area contributed by atoms with Gasteiger partial charge in [-0.3, -0.25) is 0 Å². The molecule has 158 valence electrons. The van der Waals surface area contributed by atoms with E-state index in [9.17, 15) is 0 Å². The predicted octanol–water partition coefficient (Wildman–Crippen LogP) is 8.75. The highest BCUT2D eigenvalue weighted by molar-refractivity contribution is 5.35. The molecule has 0 unspecified atom stereocenters. The van der Waals surface area contributed by atoms with Crippen LogP contribution in [0.3, 0.4) is 0 Å². The lowest BCUT2D eigenvalue weighted by Gasteiger charge is -2.37. The highest BCUT2D eigenvalue weighted by Gasteiger charge is 2.43. The second-order valence-electron chi connectivity index (χ2n) is 11.1. The third kappa shape index (κ3) is 5.22. The molecule has 0 saturated heterocycles. The molecule has 3 aliphatic carbocycles. The largest absolute Gasteiger partial charge is 0.0807 e. The van der Waals surface area contributed by atoms with Crippen molar-refractivity contribution in [3.63, 3.8) is 0 Å². The molecular weight excluding hydrogens is 336 g/mol. The molecule has 0 aromatic carbocycles. The summed E-state index contributed by atoms with van der Waals surface area (Å²) in [6, 6.07) is 0. The van der Waals surface area contributed by atoms with Crippen LogP contribution in [0.1, 0.15) is 99.3 Å². The molecule has 0 heteroatoms. The molecule has 0 radical (unpaired) electrons. The third-order valence-electron chi connectivity index (χ3n) is 8.36. The number of hydrogen-bond donors (Lipinski definition) is 0. The Morgan fingerprint density at radius 1 is 1.04 bits per heavy atom. The van der Waals surface area contributed by atoms with Gasteiger partial charge in [-0.1, -0.05) is 77.7 Å². The summed E-state index contributed by atoms with van der Waals surface area (Å²) in [5.41, 5.74) is 4.95. The molecule has 0 N–H and O–H groups in total.